The van der Waals surface area contributed by atoms with E-state index in [4.69, 9.17) is 4.74 Å². The molecule has 2 heterocycles. The molecule has 0 aliphatic carbocycles. The summed E-state index contributed by atoms with van der Waals surface area (Å²) in [6.45, 7) is 11.3. The molecular weight excluding hydrogens is 212 g/mol. The fraction of sp³-hybridized carbons (Fsp3) is 1.00. The molecule has 0 radical (unpaired) electrons. The predicted molar refractivity (Wildman–Crippen MR) is 71.3 cm³/mol. The second-order valence-corrected chi connectivity index (χ2v) is 5.76. The highest BCUT2D eigenvalue weighted by Gasteiger charge is 2.32. The molecule has 2 saturated heterocycles. The standard InChI is InChI=1S/C14H28N2O/c1-4-14-9-15-11(2)10-16(14)12(3)13-5-7-17-8-6-13/h11-15H,4-10H2,1-3H3. The van der Waals surface area contributed by atoms with Crippen LogP contribution in [0.1, 0.15) is 40.0 Å². The summed E-state index contributed by atoms with van der Waals surface area (Å²) < 4.78 is 5.48. The molecule has 1 N–H and O–H groups in total. The molecule has 3 atom stereocenters. The van der Waals surface area contributed by atoms with Crippen LogP contribution >= 0.6 is 0 Å². The Hall–Kier alpha value is -0.120. The molecule has 0 saturated carbocycles. The van der Waals surface area contributed by atoms with Crippen LogP contribution in [-0.2, 0) is 4.74 Å². The van der Waals surface area contributed by atoms with Gasteiger partial charge in [0.05, 0.1) is 0 Å². The summed E-state index contributed by atoms with van der Waals surface area (Å²) in [6.07, 6.45) is 3.75. The van der Waals surface area contributed by atoms with Crippen LogP contribution in [0, 0.1) is 5.92 Å². The van der Waals surface area contributed by atoms with Gasteiger partial charge in [-0.05, 0) is 39.0 Å². The van der Waals surface area contributed by atoms with Crippen LogP contribution in [0.4, 0.5) is 0 Å². The normalized spacial score (nSPS) is 34.8. The topological polar surface area (TPSA) is 24.5 Å². The monoisotopic (exact) mass is 240 g/mol. The Kier molecular flexibility index (Phi) is 4.83. The number of ether oxygens (including phenoxy) is 1. The van der Waals surface area contributed by atoms with Gasteiger partial charge in [0.1, 0.15) is 0 Å². The summed E-state index contributed by atoms with van der Waals surface area (Å²) in [7, 11) is 0. The summed E-state index contributed by atoms with van der Waals surface area (Å²) in [5.41, 5.74) is 0. The first-order chi connectivity index (χ1) is 8.22. The van der Waals surface area contributed by atoms with Gasteiger partial charge in [0.25, 0.3) is 0 Å². The quantitative estimate of drug-likeness (QED) is 0.815. The van der Waals surface area contributed by atoms with Crippen molar-refractivity contribution in [2.45, 2.75) is 58.2 Å². The summed E-state index contributed by atoms with van der Waals surface area (Å²) >= 11 is 0. The Morgan fingerprint density at radius 3 is 2.71 bits per heavy atom. The van der Waals surface area contributed by atoms with Gasteiger partial charge in [0.15, 0.2) is 0 Å². The van der Waals surface area contributed by atoms with Gasteiger partial charge in [-0.1, -0.05) is 6.92 Å². The third kappa shape index (κ3) is 3.21. The van der Waals surface area contributed by atoms with E-state index in [1.165, 1.54) is 25.8 Å². The molecular formula is C14H28N2O. The fourth-order valence-corrected chi connectivity index (χ4v) is 3.33. The predicted octanol–water partition coefficient (Wildman–Crippen LogP) is 1.87. The van der Waals surface area contributed by atoms with Crippen molar-refractivity contribution in [3.63, 3.8) is 0 Å². The van der Waals surface area contributed by atoms with Gasteiger partial charge in [-0.2, -0.15) is 0 Å². The van der Waals surface area contributed by atoms with Gasteiger partial charge in [-0.15, -0.1) is 0 Å². The Bertz CT molecular complexity index is 228. The van der Waals surface area contributed by atoms with Crippen molar-refractivity contribution in [2.75, 3.05) is 26.3 Å². The second-order valence-electron chi connectivity index (χ2n) is 5.76. The molecule has 2 aliphatic rings. The minimum Gasteiger partial charge on any atom is -0.381 e. The molecule has 0 bridgehead atoms. The van der Waals surface area contributed by atoms with Crippen molar-refractivity contribution >= 4 is 0 Å². The average molecular weight is 240 g/mol. The van der Waals surface area contributed by atoms with Crippen LogP contribution in [-0.4, -0.2) is 49.3 Å². The van der Waals surface area contributed by atoms with Crippen LogP contribution in [0.25, 0.3) is 0 Å². The Labute approximate surface area is 106 Å². The third-order valence-electron chi connectivity index (χ3n) is 4.60. The summed E-state index contributed by atoms with van der Waals surface area (Å²) in [4.78, 5) is 2.75. The lowest BCUT2D eigenvalue weighted by Crippen LogP contribution is -2.59. The van der Waals surface area contributed by atoms with Gasteiger partial charge in [0.2, 0.25) is 0 Å². The van der Waals surface area contributed by atoms with Crippen LogP contribution in [0.5, 0.6) is 0 Å². The largest absolute Gasteiger partial charge is 0.381 e. The van der Waals surface area contributed by atoms with E-state index in [1.54, 1.807) is 0 Å². The molecule has 0 aromatic rings. The van der Waals surface area contributed by atoms with E-state index in [2.05, 4.69) is 31.0 Å². The summed E-state index contributed by atoms with van der Waals surface area (Å²) in [5.74, 6) is 0.836. The van der Waals surface area contributed by atoms with Crippen molar-refractivity contribution in [2.24, 2.45) is 5.92 Å². The molecule has 100 valence electrons. The number of nitrogens with one attached hydrogen (secondary N) is 1. The number of rotatable bonds is 3. The zero-order valence-corrected chi connectivity index (χ0v) is 11.6. The maximum Gasteiger partial charge on any atom is 0.0469 e. The van der Waals surface area contributed by atoms with E-state index < -0.39 is 0 Å². The lowest BCUT2D eigenvalue weighted by molar-refractivity contribution is 0.00445. The zero-order valence-electron chi connectivity index (χ0n) is 11.6. The van der Waals surface area contributed by atoms with Crippen molar-refractivity contribution < 1.29 is 4.74 Å². The van der Waals surface area contributed by atoms with Crippen molar-refractivity contribution in [1.29, 1.82) is 0 Å². The third-order valence-corrected chi connectivity index (χ3v) is 4.60. The van der Waals surface area contributed by atoms with Crippen molar-refractivity contribution in [3.8, 4) is 0 Å². The molecule has 17 heavy (non-hydrogen) atoms. The first kappa shape index (κ1) is 13.3. The molecule has 0 spiro atoms. The fourth-order valence-electron chi connectivity index (χ4n) is 3.33. The highest BCUT2D eigenvalue weighted by molar-refractivity contribution is 4.89. The van der Waals surface area contributed by atoms with Gasteiger partial charge >= 0.3 is 0 Å². The Morgan fingerprint density at radius 1 is 1.35 bits per heavy atom. The minimum atomic E-state index is 0.639. The smallest absolute Gasteiger partial charge is 0.0469 e. The van der Waals surface area contributed by atoms with Crippen LogP contribution in [0.3, 0.4) is 0 Å². The average Bonchev–Trinajstić information content (AvgIpc) is 2.39. The number of piperazine rings is 1. The zero-order chi connectivity index (χ0) is 12.3. The highest BCUT2D eigenvalue weighted by atomic mass is 16.5. The second kappa shape index (κ2) is 6.17. The summed E-state index contributed by atoms with van der Waals surface area (Å²) in [6, 6.07) is 2.08. The first-order valence-corrected chi connectivity index (χ1v) is 7.29. The van der Waals surface area contributed by atoms with Gasteiger partial charge < -0.3 is 10.1 Å². The van der Waals surface area contributed by atoms with E-state index in [1.807, 2.05) is 0 Å². The lowest BCUT2D eigenvalue weighted by Gasteiger charge is -2.45. The van der Waals surface area contributed by atoms with E-state index in [-0.39, 0.29) is 0 Å². The lowest BCUT2D eigenvalue weighted by atomic mass is 9.89. The number of hydrogen-bond donors (Lipinski definition) is 1. The molecule has 2 aliphatic heterocycles. The van der Waals surface area contributed by atoms with E-state index in [0.29, 0.717) is 12.1 Å². The first-order valence-electron chi connectivity index (χ1n) is 7.29. The van der Waals surface area contributed by atoms with Crippen LogP contribution in [0.15, 0.2) is 0 Å². The highest BCUT2D eigenvalue weighted by Crippen LogP contribution is 2.26. The Balaban J connectivity index is 1.96. The molecule has 0 amide bonds. The number of nitrogens with zero attached hydrogens (tertiary/aromatic N) is 1. The van der Waals surface area contributed by atoms with Crippen LogP contribution < -0.4 is 5.32 Å². The summed E-state index contributed by atoms with van der Waals surface area (Å²) in [5, 5.41) is 3.60. The van der Waals surface area contributed by atoms with Gasteiger partial charge in [-0.25, -0.2) is 0 Å². The Morgan fingerprint density at radius 2 is 2.06 bits per heavy atom. The van der Waals surface area contributed by atoms with E-state index in [9.17, 15) is 0 Å². The maximum atomic E-state index is 5.48. The minimum absolute atomic E-state index is 0.639. The van der Waals surface area contributed by atoms with Gasteiger partial charge in [0, 0.05) is 44.4 Å². The molecule has 2 rings (SSSR count). The molecule has 3 heteroatoms. The van der Waals surface area contributed by atoms with E-state index >= 15 is 0 Å². The molecule has 3 unspecified atom stereocenters. The number of hydrogen-bond acceptors (Lipinski definition) is 3. The molecule has 0 aromatic heterocycles. The van der Waals surface area contributed by atoms with E-state index in [0.717, 1.165) is 31.7 Å². The molecule has 3 nitrogen and oxygen atoms in total. The molecule has 0 aromatic carbocycles. The van der Waals surface area contributed by atoms with Gasteiger partial charge in [-0.3, -0.25) is 4.90 Å². The van der Waals surface area contributed by atoms with Crippen LogP contribution in [0.2, 0.25) is 0 Å². The van der Waals surface area contributed by atoms with Crippen molar-refractivity contribution in [3.05, 3.63) is 0 Å². The maximum absolute atomic E-state index is 5.48. The van der Waals surface area contributed by atoms with Crippen molar-refractivity contribution in [1.82, 2.24) is 10.2 Å². The SMILES string of the molecule is CCC1CNC(C)CN1C(C)C1CCOCC1. The molecule has 2 fully saturated rings.